The number of hydrogen-bond donors (Lipinski definition) is 9. The molecule has 28 heteroatoms. The van der Waals surface area contributed by atoms with Crippen molar-refractivity contribution in [2.45, 2.75) is 178 Å². The molecule has 102 heavy (non-hydrogen) atoms. The Morgan fingerprint density at radius 3 is 1.88 bits per heavy atom. The topological polar surface area (TPSA) is 430 Å². The van der Waals surface area contributed by atoms with Crippen LogP contribution in [0.3, 0.4) is 0 Å². The summed E-state index contributed by atoms with van der Waals surface area (Å²) < 4.78 is 37.0. The first-order valence-corrected chi connectivity index (χ1v) is 33.5. The normalized spacial score (nSPS) is 24.6. The van der Waals surface area contributed by atoms with Crippen LogP contribution in [-0.4, -0.2) is 166 Å². The van der Waals surface area contributed by atoms with Crippen LogP contribution in [-0.2, 0) is 81.2 Å². The van der Waals surface area contributed by atoms with Crippen LogP contribution in [0.1, 0.15) is 144 Å². The van der Waals surface area contributed by atoms with Crippen molar-refractivity contribution >= 4 is 83.1 Å². The van der Waals surface area contributed by atoms with E-state index >= 15 is 9.59 Å². The van der Waals surface area contributed by atoms with Gasteiger partial charge in [-0.1, -0.05) is 111 Å². The smallest absolute Gasteiger partial charge is 0.350 e. The first-order valence-electron chi connectivity index (χ1n) is 33.5. The zero-order chi connectivity index (χ0) is 74.4. The van der Waals surface area contributed by atoms with Gasteiger partial charge < -0.3 is 76.7 Å². The zero-order valence-corrected chi connectivity index (χ0v) is 57.6. The van der Waals surface area contributed by atoms with Crippen molar-refractivity contribution < 1.29 is 101 Å². The molecule has 2 unspecified atom stereocenters. The lowest BCUT2D eigenvalue weighted by Crippen LogP contribution is -2.82. The Labute approximate surface area is 588 Å². The van der Waals surface area contributed by atoms with Gasteiger partial charge >= 0.3 is 29.8 Å². The molecule has 0 spiro atoms. The predicted molar refractivity (Wildman–Crippen MR) is 362 cm³/mol. The van der Waals surface area contributed by atoms with Crippen molar-refractivity contribution in [3.63, 3.8) is 0 Å². The Morgan fingerprint density at radius 1 is 0.696 bits per heavy atom. The van der Waals surface area contributed by atoms with Gasteiger partial charge in [0.2, 0.25) is 41.5 Å². The summed E-state index contributed by atoms with van der Waals surface area (Å²) in [5.41, 5.74) is 3.66. The molecule has 1 heterocycles. The Balaban J connectivity index is 0.989. The molecular weight excluding hydrogens is 1320 g/mol. The third-order valence-electron chi connectivity index (χ3n) is 19.5. The number of amides is 7. The van der Waals surface area contributed by atoms with E-state index in [2.05, 4.69) is 26.6 Å². The summed E-state index contributed by atoms with van der Waals surface area (Å²) in [4.78, 5) is 178. The van der Waals surface area contributed by atoms with E-state index in [9.17, 15) is 63.0 Å². The molecule has 2 bridgehead atoms. The van der Waals surface area contributed by atoms with Crippen LogP contribution in [0, 0.1) is 16.7 Å². The summed E-state index contributed by atoms with van der Waals surface area (Å²) in [5.74, 6) is -13.3. The molecule has 0 aromatic heterocycles. The van der Waals surface area contributed by atoms with Crippen molar-refractivity contribution in [1.82, 2.24) is 26.6 Å². The van der Waals surface area contributed by atoms with Crippen molar-refractivity contribution in [2.75, 3.05) is 13.2 Å². The number of carbonyl (C=O) groups is 13. The van der Waals surface area contributed by atoms with Crippen molar-refractivity contribution in [3.05, 3.63) is 161 Å². The summed E-state index contributed by atoms with van der Waals surface area (Å²) in [6, 6.07) is 27.1. The van der Waals surface area contributed by atoms with E-state index in [0.717, 1.165) is 19.4 Å². The van der Waals surface area contributed by atoms with Crippen LogP contribution in [0.4, 0.5) is 0 Å². The minimum Gasteiger partial charge on any atom is -0.455 e. The molecule has 2 saturated carbocycles. The fraction of sp³-hybridized carbons (Fsp3) is 0.446. The molecule has 4 aromatic rings. The second kappa shape index (κ2) is 33.4. The minimum atomic E-state index is -2.57. The van der Waals surface area contributed by atoms with Gasteiger partial charge in [-0.2, -0.15) is 0 Å². The minimum absolute atomic E-state index is 0.00132. The van der Waals surface area contributed by atoms with E-state index < -0.39 is 192 Å². The van der Waals surface area contributed by atoms with E-state index in [-0.39, 0.29) is 72.9 Å². The fourth-order valence-electron chi connectivity index (χ4n) is 14.0. The monoisotopic (exact) mass is 1410 g/mol. The summed E-state index contributed by atoms with van der Waals surface area (Å²) in [5, 5.41) is 39.3. The number of nitrogens with two attached hydrogens (primary N) is 2. The highest BCUT2D eigenvalue weighted by molar-refractivity contribution is 5.98. The molecule has 14 atom stereocenters. The number of fused-ring (bicyclic) bond motifs is 5. The quantitative estimate of drug-likeness (QED) is 0.0119. The molecule has 0 radical (unpaired) electrons. The van der Waals surface area contributed by atoms with Gasteiger partial charge in [0, 0.05) is 63.1 Å². The lowest BCUT2D eigenvalue weighted by Gasteiger charge is -2.67. The SMILES string of the molecule is CC(=O)O[C@H]1C(=O)[C@@]2(C)[C@H]([C@H](OC(=O)c3ccccc3)[C@]3(O)C[C@H](OC(=O)[C@H](OC(=O)CCC(=O)NCCCCC(NC(=O)CC[C@H](NC(=O)C(C)NC(=O)/C=C/c4ccccc4)C(N)=O)C(N)=O)[C@H](NC(=O)c4ccccc4)c4ccccc4)C(C)=C1C3(C)C)[C@]1(OC(C)=O)CO[C@@H]1C[C@@H]2O. The van der Waals surface area contributed by atoms with Gasteiger partial charge in [0.15, 0.2) is 17.5 Å². The number of hydrogen-bond acceptors (Lipinski definition) is 21. The molecular formula is C74H87N7O21. The van der Waals surface area contributed by atoms with E-state index in [1.165, 1.54) is 77.1 Å². The Kier molecular flexibility index (Phi) is 25.3. The van der Waals surface area contributed by atoms with E-state index in [1.807, 2.05) is 6.07 Å². The average molecular weight is 1410 g/mol. The number of ketones is 1. The standard InChI is InChI=1S/C74H87N7O21/c1-41-51(39-74(96)64(101-69(94)48-28-18-11-19-29-48)62-72(7,52(84)38-53-73(62,40-97-53)102-44(4)83)63(89)60(98-43(3)82)58(41)71(74,5)6)99-70(95)61(59(46-24-14-9-15-25-46)81-68(93)47-26-16-10-17-27-47)100-57(88)36-35-54(85)77-37-21-20-30-49(65(75)90)79-56(87)34-32-50(66(76)91)80-67(92)42(2)78-55(86)33-31-45-22-12-8-13-23-45/h8-19,22-29,31,33,42,49-53,59-62,64,84,96H,20-21,30,32,34-40H2,1-7H3,(H2,75,90)(H2,76,91)(H,77,85)(H,78,86)(H,79,87)(H,80,92)(H,81,93)/b33-31+/t42?,49?,50-,51-,52-,53+,59+,60+,61+,62-,64-,72+,73-,74+/m0/s1. The fourth-order valence-corrected chi connectivity index (χ4v) is 14.0. The Hall–Kier alpha value is -10.5. The summed E-state index contributed by atoms with van der Waals surface area (Å²) in [6.45, 7) is 8.93. The van der Waals surface area contributed by atoms with Gasteiger partial charge in [-0.15, -0.1) is 0 Å². The summed E-state index contributed by atoms with van der Waals surface area (Å²) in [6.07, 6.45) is -10.1. The highest BCUT2D eigenvalue weighted by atomic mass is 16.6. The second-order valence-electron chi connectivity index (χ2n) is 26.7. The van der Waals surface area contributed by atoms with Crippen LogP contribution < -0.4 is 38.1 Å². The average Bonchev–Trinajstić information content (AvgIpc) is 0.669. The molecule has 3 fully saturated rings. The van der Waals surface area contributed by atoms with Crippen molar-refractivity contribution in [2.24, 2.45) is 28.2 Å². The van der Waals surface area contributed by atoms with Crippen molar-refractivity contribution in [1.29, 1.82) is 0 Å². The largest absolute Gasteiger partial charge is 0.455 e. The number of rotatable bonds is 30. The summed E-state index contributed by atoms with van der Waals surface area (Å²) in [7, 11) is 0. The number of Topliss-reactive ketones (excluding diaryl/α,β-unsaturated/α-hetero) is 1. The number of esters is 5. The number of aliphatic hydroxyl groups is 2. The van der Waals surface area contributed by atoms with Crippen LogP contribution >= 0.6 is 0 Å². The third-order valence-corrected chi connectivity index (χ3v) is 19.5. The Bertz CT molecular complexity index is 3870. The maximum Gasteiger partial charge on any atom is 0.350 e. The number of ether oxygens (including phenoxy) is 6. The van der Waals surface area contributed by atoms with Gasteiger partial charge in [-0.25, -0.2) is 9.59 Å². The van der Waals surface area contributed by atoms with E-state index in [0.29, 0.717) is 0 Å². The number of carbonyl (C=O) groups excluding carboxylic acids is 13. The van der Waals surface area contributed by atoms with Crippen molar-refractivity contribution in [3.8, 4) is 0 Å². The van der Waals surface area contributed by atoms with Gasteiger partial charge in [0.25, 0.3) is 5.91 Å². The second-order valence-corrected chi connectivity index (χ2v) is 26.7. The molecule has 8 rings (SSSR count). The number of aliphatic hydroxyl groups excluding tert-OH is 1. The Morgan fingerprint density at radius 2 is 1.29 bits per heavy atom. The van der Waals surface area contributed by atoms with Gasteiger partial charge in [0.05, 0.1) is 36.0 Å². The number of benzene rings is 4. The number of unbranched alkanes of at least 4 members (excludes halogenated alkanes) is 1. The molecule has 1 saturated heterocycles. The van der Waals surface area contributed by atoms with E-state index in [1.54, 1.807) is 84.9 Å². The van der Waals surface area contributed by atoms with Crippen LogP contribution in [0.2, 0.25) is 0 Å². The molecule has 544 valence electrons. The number of primary amides is 2. The maximum atomic E-state index is 15.9. The molecule has 4 aliphatic rings. The first kappa shape index (κ1) is 77.3. The molecule has 11 N–H and O–H groups in total. The highest BCUT2D eigenvalue weighted by Gasteiger charge is 2.78. The van der Waals surface area contributed by atoms with E-state index in [4.69, 9.17) is 39.9 Å². The maximum absolute atomic E-state index is 15.9. The molecule has 7 amide bonds. The molecule has 4 aromatic carbocycles. The molecule has 28 nitrogen and oxygen atoms in total. The summed E-state index contributed by atoms with van der Waals surface area (Å²) >= 11 is 0. The van der Waals surface area contributed by atoms with Crippen LogP contribution in [0.15, 0.2) is 139 Å². The molecule has 3 aliphatic carbocycles. The third kappa shape index (κ3) is 17.6. The predicted octanol–water partition coefficient (Wildman–Crippen LogP) is 3.29. The number of nitrogens with one attached hydrogen (secondary N) is 5. The highest BCUT2D eigenvalue weighted by Crippen LogP contribution is 2.64. The lowest BCUT2D eigenvalue weighted by molar-refractivity contribution is -0.346. The lowest BCUT2D eigenvalue weighted by atomic mass is 9.44. The van der Waals surface area contributed by atoms with Crippen LogP contribution in [0.25, 0.3) is 6.08 Å². The van der Waals surface area contributed by atoms with Crippen LogP contribution in [0.5, 0.6) is 0 Å². The van der Waals surface area contributed by atoms with Gasteiger partial charge in [-0.3, -0.25) is 52.7 Å². The van der Waals surface area contributed by atoms with Gasteiger partial charge in [-0.05, 0) is 99.1 Å². The first-order chi connectivity index (χ1) is 48.3. The molecule has 1 aliphatic heterocycles. The zero-order valence-electron chi connectivity index (χ0n) is 57.6. The van der Waals surface area contributed by atoms with Gasteiger partial charge in [0.1, 0.15) is 48.1 Å².